The van der Waals surface area contributed by atoms with Crippen LogP contribution in [-0.2, 0) is 6.42 Å². The molecular weight excluding hydrogens is 350 g/mol. The molecule has 6 rings (SSSR count). The van der Waals surface area contributed by atoms with Crippen molar-refractivity contribution >= 4 is 45.4 Å². The van der Waals surface area contributed by atoms with Crippen LogP contribution >= 0.6 is 34.6 Å². The molecule has 0 amide bonds. The molecular formula is C20H13NS3. The maximum atomic E-state index is 5.79. The lowest BCUT2D eigenvalue weighted by Crippen LogP contribution is -1.80. The largest absolute Gasteiger partial charge is 0.273 e. The van der Waals surface area contributed by atoms with Gasteiger partial charge in [-0.3, -0.25) is 5.14 Å². The lowest BCUT2D eigenvalue weighted by atomic mass is 10.1. The van der Waals surface area contributed by atoms with Gasteiger partial charge in [0, 0.05) is 34.8 Å². The summed E-state index contributed by atoms with van der Waals surface area (Å²) in [7, 11) is 0. The van der Waals surface area contributed by atoms with Gasteiger partial charge in [-0.15, -0.1) is 22.7 Å². The minimum absolute atomic E-state index is 1.11. The second kappa shape index (κ2) is 4.52. The van der Waals surface area contributed by atoms with Crippen LogP contribution < -0.4 is 5.14 Å². The normalized spacial score (nSPS) is 12.9. The summed E-state index contributed by atoms with van der Waals surface area (Å²) < 4.78 is 4.03. The van der Waals surface area contributed by atoms with Crippen LogP contribution in [0.5, 0.6) is 0 Å². The summed E-state index contributed by atoms with van der Waals surface area (Å²) in [5.74, 6) is 0. The van der Waals surface area contributed by atoms with E-state index in [9.17, 15) is 0 Å². The third kappa shape index (κ3) is 1.47. The quantitative estimate of drug-likeness (QED) is 0.424. The highest BCUT2D eigenvalue weighted by Gasteiger charge is 2.15. The summed E-state index contributed by atoms with van der Waals surface area (Å²) in [5, 5.41) is 17.1. The topological polar surface area (TPSA) is 26.0 Å². The molecule has 0 saturated carbocycles. The maximum absolute atomic E-state index is 5.79. The van der Waals surface area contributed by atoms with Gasteiger partial charge in [0.1, 0.15) is 0 Å². The number of benzene rings is 2. The Morgan fingerprint density at radius 1 is 0.792 bits per heavy atom. The first-order chi connectivity index (χ1) is 11.8. The predicted octanol–water partition coefficient (Wildman–Crippen LogP) is 5.27. The molecule has 116 valence electrons. The molecule has 2 aliphatic carbocycles. The third-order valence-electron chi connectivity index (χ3n) is 5.19. The average Bonchev–Trinajstić information content (AvgIpc) is 3.32. The van der Waals surface area contributed by atoms with Crippen molar-refractivity contribution in [3.05, 3.63) is 81.7 Å². The molecule has 4 heteroatoms. The van der Waals surface area contributed by atoms with E-state index < -0.39 is 0 Å². The Labute approximate surface area is 149 Å². The highest BCUT2D eigenvalue weighted by Crippen LogP contribution is 2.34. The number of thiophene rings is 2. The fourth-order valence-corrected chi connectivity index (χ4v) is 6.87. The van der Waals surface area contributed by atoms with Crippen molar-refractivity contribution in [3.63, 3.8) is 0 Å². The first kappa shape index (κ1) is 13.7. The first-order valence-corrected chi connectivity index (χ1v) is 10.6. The average molecular weight is 364 g/mol. The second-order valence-electron chi connectivity index (χ2n) is 6.31. The van der Waals surface area contributed by atoms with Gasteiger partial charge in [-0.25, -0.2) is 0 Å². The van der Waals surface area contributed by atoms with Gasteiger partial charge in [-0.05, 0) is 51.7 Å². The van der Waals surface area contributed by atoms with Crippen molar-refractivity contribution in [2.45, 2.75) is 17.6 Å². The Morgan fingerprint density at radius 2 is 1.38 bits per heavy atom. The number of fused-ring (bicyclic) bond motifs is 2. The highest BCUT2D eigenvalue weighted by molar-refractivity contribution is 7.99. The zero-order valence-electron chi connectivity index (χ0n) is 13.0. The van der Waals surface area contributed by atoms with Crippen molar-refractivity contribution in [3.8, 4) is 0 Å². The molecule has 1 nitrogen and oxygen atoms in total. The van der Waals surface area contributed by atoms with Gasteiger partial charge < -0.3 is 0 Å². The minimum atomic E-state index is 1.11. The Morgan fingerprint density at radius 3 is 2.00 bits per heavy atom. The Hall–Kier alpha value is -1.59. The lowest BCUT2D eigenvalue weighted by molar-refractivity contribution is 1.18. The molecule has 0 fully saturated rings. The second-order valence-corrected chi connectivity index (χ2v) is 9.43. The van der Waals surface area contributed by atoms with Crippen molar-refractivity contribution in [1.82, 2.24) is 0 Å². The van der Waals surface area contributed by atoms with Crippen LogP contribution in [0.4, 0.5) is 0 Å². The fourth-order valence-electron chi connectivity index (χ4n) is 4.17. The molecule has 0 saturated heterocycles. The maximum Gasteiger partial charge on any atom is 0.0762 e. The molecule has 2 aliphatic rings. The third-order valence-corrected chi connectivity index (χ3v) is 8.35. The van der Waals surface area contributed by atoms with Gasteiger partial charge in [0.05, 0.1) is 4.21 Å². The monoisotopic (exact) mass is 363 g/mol. The van der Waals surface area contributed by atoms with E-state index in [1.54, 1.807) is 0 Å². The fraction of sp³-hybridized carbons (Fsp3) is 0.100. The SMILES string of the molecule is CCc1cc2c(s1)=c1ccc3c4c(ccc=2c14)=c1cc(SN)sc1=3. The predicted molar refractivity (Wildman–Crippen MR) is 103 cm³/mol. The summed E-state index contributed by atoms with van der Waals surface area (Å²) in [6, 6.07) is 13.9. The summed E-state index contributed by atoms with van der Waals surface area (Å²) in [5.41, 5.74) is 0. The van der Waals surface area contributed by atoms with Crippen molar-refractivity contribution in [2.24, 2.45) is 5.14 Å². The Bertz CT molecular complexity index is 1350. The molecule has 2 heterocycles. The molecule has 0 aliphatic heterocycles. The molecule has 2 aromatic carbocycles. The van der Waals surface area contributed by atoms with Crippen molar-refractivity contribution in [2.75, 3.05) is 0 Å². The van der Waals surface area contributed by atoms with E-state index in [2.05, 4.69) is 43.3 Å². The van der Waals surface area contributed by atoms with Crippen molar-refractivity contribution in [1.29, 1.82) is 0 Å². The van der Waals surface area contributed by atoms with Gasteiger partial charge in [-0.1, -0.05) is 31.2 Å². The van der Waals surface area contributed by atoms with Gasteiger partial charge in [0.2, 0.25) is 0 Å². The van der Waals surface area contributed by atoms with E-state index in [0.717, 1.165) is 6.42 Å². The molecule has 0 bridgehead atoms. The van der Waals surface area contributed by atoms with Crippen LogP contribution in [-0.4, -0.2) is 0 Å². The smallest absolute Gasteiger partial charge is 0.0762 e. The number of hydrogen-bond donors (Lipinski definition) is 1. The van der Waals surface area contributed by atoms with Gasteiger partial charge in [0.15, 0.2) is 0 Å². The summed E-state index contributed by atoms with van der Waals surface area (Å²) in [4.78, 5) is 1.48. The Kier molecular flexibility index (Phi) is 2.58. The van der Waals surface area contributed by atoms with E-state index in [-0.39, 0.29) is 0 Å². The van der Waals surface area contributed by atoms with Gasteiger partial charge in [-0.2, -0.15) is 0 Å². The van der Waals surface area contributed by atoms with Crippen LogP contribution in [0.15, 0.2) is 40.6 Å². The van der Waals surface area contributed by atoms with Crippen molar-refractivity contribution < 1.29 is 0 Å². The van der Waals surface area contributed by atoms with Crippen LogP contribution in [0.2, 0.25) is 0 Å². The van der Waals surface area contributed by atoms with E-state index in [4.69, 9.17) is 5.14 Å². The van der Waals surface area contributed by atoms with Gasteiger partial charge >= 0.3 is 0 Å². The molecule has 2 N–H and O–H groups in total. The lowest BCUT2D eigenvalue weighted by Gasteiger charge is -1.98. The molecule has 4 aromatic rings. The zero-order valence-corrected chi connectivity index (χ0v) is 15.4. The van der Waals surface area contributed by atoms with E-state index in [1.807, 2.05) is 22.7 Å². The Balaban J connectivity index is 2.00. The van der Waals surface area contributed by atoms with Crippen LogP contribution in [0.3, 0.4) is 0 Å². The number of nitrogens with two attached hydrogens (primary N) is 1. The first-order valence-electron chi connectivity index (χ1n) is 8.04. The number of hydrogen-bond acceptors (Lipinski definition) is 4. The van der Waals surface area contributed by atoms with Gasteiger partial charge in [0.25, 0.3) is 0 Å². The molecule has 0 radical (unpaired) electrons. The number of rotatable bonds is 2. The number of aryl methyl sites for hydroxylation is 1. The van der Waals surface area contributed by atoms with E-state index in [0.29, 0.717) is 0 Å². The van der Waals surface area contributed by atoms with Crippen LogP contribution in [0.25, 0.3) is 10.8 Å². The summed E-state index contributed by atoms with van der Waals surface area (Å²) >= 11 is 5.13. The zero-order chi connectivity index (χ0) is 16.0. The molecule has 0 unspecified atom stereocenters. The molecule has 0 atom stereocenters. The van der Waals surface area contributed by atoms with Crippen LogP contribution in [0.1, 0.15) is 11.8 Å². The van der Waals surface area contributed by atoms with Crippen LogP contribution in [0, 0.1) is 40.4 Å². The minimum Gasteiger partial charge on any atom is -0.273 e. The standard InChI is InChI=1S/C20H13NS3/c1-2-9-7-14-10-3-4-11-15-8-16(24-21)23-20(15)13-6-5-12(19(14)22-9)17(10)18(11)13/h3-8H,2,21H2,1H3. The summed E-state index contributed by atoms with van der Waals surface area (Å²) in [6.07, 6.45) is 1.11. The highest BCUT2D eigenvalue weighted by atomic mass is 32.2. The molecule has 0 spiro atoms. The summed E-state index contributed by atoms with van der Waals surface area (Å²) in [6.45, 7) is 2.24. The molecule has 2 aromatic heterocycles. The molecule has 24 heavy (non-hydrogen) atoms. The van der Waals surface area contributed by atoms with E-state index >= 15 is 0 Å². The van der Waals surface area contributed by atoms with E-state index in [1.165, 1.54) is 72.2 Å².